The molecule has 2 atom stereocenters. The Morgan fingerprint density at radius 2 is 1.64 bits per heavy atom. The van der Waals surface area contributed by atoms with Crippen molar-refractivity contribution in [1.29, 1.82) is 0 Å². The summed E-state index contributed by atoms with van der Waals surface area (Å²) in [6, 6.07) is 10.9. The van der Waals surface area contributed by atoms with E-state index >= 15 is 0 Å². The summed E-state index contributed by atoms with van der Waals surface area (Å²) in [5.74, 6) is -1.12. The van der Waals surface area contributed by atoms with Crippen molar-refractivity contribution in [1.82, 2.24) is 10.6 Å². The van der Waals surface area contributed by atoms with Gasteiger partial charge in [-0.1, -0.05) is 29.8 Å². The molecule has 5 nitrogen and oxygen atoms in total. The summed E-state index contributed by atoms with van der Waals surface area (Å²) in [4.78, 5) is 24.5. The highest BCUT2D eigenvalue weighted by Crippen LogP contribution is 2.24. The molecule has 0 saturated carbocycles. The predicted molar refractivity (Wildman–Crippen MR) is 97.8 cm³/mol. The van der Waals surface area contributed by atoms with Gasteiger partial charge in [-0.2, -0.15) is 0 Å². The third kappa shape index (κ3) is 6.29. The highest BCUT2D eigenvalue weighted by atomic mass is 19.4. The van der Waals surface area contributed by atoms with E-state index < -0.39 is 24.4 Å². The lowest BCUT2D eigenvalue weighted by Gasteiger charge is -2.19. The molecule has 2 unspecified atom stereocenters. The quantitative estimate of drug-likeness (QED) is 0.781. The molecular formula is C20H21F3N2O3. The Hall–Kier alpha value is -3.03. The Balaban J connectivity index is 1.93. The van der Waals surface area contributed by atoms with Gasteiger partial charge < -0.3 is 15.4 Å². The van der Waals surface area contributed by atoms with E-state index in [0.29, 0.717) is 11.1 Å². The number of ether oxygens (including phenoxy) is 1. The first-order valence-corrected chi connectivity index (χ1v) is 8.59. The maximum Gasteiger partial charge on any atom is 0.573 e. The molecule has 0 heterocycles. The smallest absolute Gasteiger partial charge is 0.406 e. The minimum atomic E-state index is -4.76. The van der Waals surface area contributed by atoms with Gasteiger partial charge in [-0.3, -0.25) is 9.59 Å². The number of nitrogens with one attached hydrogen (secondary N) is 2. The van der Waals surface area contributed by atoms with Gasteiger partial charge in [0.15, 0.2) is 0 Å². The average Bonchev–Trinajstić information content (AvgIpc) is 2.60. The van der Waals surface area contributed by atoms with Crippen LogP contribution >= 0.6 is 0 Å². The number of hydrogen-bond donors (Lipinski definition) is 2. The molecule has 0 spiro atoms. The first-order chi connectivity index (χ1) is 13.0. The molecule has 0 saturated heterocycles. The molecule has 0 aliphatic heterocycles. The molecule has 8 heteroatoms. The van der Waals surface area contributed by atoms with Gasteiger partial charge in [0.05, 0.1) is 6.04 Å². The summed E-state index contributed by atoms with van der Waals surface area (Å²) < 4.78 is 40.4. The second-order valence-electron chi connectivity index (χ2n) is 6.41. The lowest BCUT2D eigenvalue weighted by molar-refractivity contribution is -0.274. The van der Waals surface area contributed by atoms with Gasteiger partial charge in [0.1, 0.15) is 11.8 Å². The van der Waals surface area contributed by atoms with E-state index in [0.717, 1.165) is 5.56 Å². The van der Waals surface area contributed by atoms with E-state index in [4.69, 9.17) is 0 Å². The number of aryl methyl sites for hydroxylation is 1. The van der Waals surface area contributed by atoms with Crippen LogP contribution in [0.1, 0.15) is 41.4 Å². The van der Waals surface area contributed by atoms with E-state index in [1.807, 2.05) is 13.0 Å². The molecule has 0 radical (unpaired) electrons. The zero-order valence-electron chi connectivity index (χ0n) is 15.6. The Labute approximate surface area is 160 Å². The number of amides is 2. The lowest BCUT2D eigenvalue weighted by Crippen LogP contribution is -2.45. The number of halogens is 3. The number of benzene rings is 2. The van der Waals surface area contributed by atoms with E-state index in [9.17, 15) is 22.8 Å². The van der Waals surface area contributed by atoms with Crippen LogP contribution in [0.4, 0.5) is 13.2 Å². The molecule has 0 aromatic heterocycles. The fraction of sp³-hybridized carbons (Fsp3) is 0.300. The second-order valence-corrected chi connectivity index (χ2v) is 6.41. The summed E-state index contributed by atoms with van der Waals surface area (Å²) >= 11 is 0. The van der Waals surface area contributed by atoms with E-state index in [-0.39, 0.29) is 11.7 Å². The highest BCUT2D eigenvalue weighted by molar-refractivity contribution is 5.97. The molecule has 0 aliphatic rings. The first kappa shape index (κ1) is 21.3. The number of carbonyl (C=O) groups is 2. The number of rotatable bonds is 6. The van der Waals surface area contributed by atoms with Crippen molar-refractivity contribution in [3.05, 3.63) is 65.2 Å². The summed E-state index contributed by atoms with van der Waals surface area (Å²) in [7, 11) is 0. The largest absolute Gasteiger partial charge is 0.573 e. The Bertz CT molecular complexity index is 835. The van der Waals surface area contributed by atoms with Crippen LogP contribution in [0.25, 0.3) is 0 Å². The van der Waals surface area contributed by atoms with E-state index in [2.05, 4.69) is 15.4 Å². The predicted octanol–water partition coefficient (Wildman–Crippen LogP) is 3.89. The zero-order valence-corrected chi connectivity index (χ0v) is 15.6. The Morgan fingerprint density at radius 1 is 1.00 bits per heavy atom. The topological polar surface area (TPSA) is 67.4 Å². The van der Waals surface area contributed by atoms with Crippen molar-refractivity contribution >= 4 is 11.8 Å². The van der Waals surface area contributed by atoms with Crippen LogP contribution in [0, 0.1) is 6.92 Å². The van der Waals surface area contributed by atoms with Crippen molar-refractivity contribution in [2.24, 2.45) is 0 Å². The van der Waals surface area contributed by atoms with Gasteiger partial charge >= 0.3 is 6.36 Å². The maximum atomic E-state index is 12.3. The monoisotopic (exact) mass is 394 g/mol. The van der Waals surface area contributed by atoms with Gasteiger partial charge in [0.2, 0.25) is 5.91 Å². The summed E-state index contributed by atoms with van der Waals surface area (Å²) in [5.41, 5.74) is 1.98. The average molecular weight is 394 g/mol. The van der Waals surface area contributed by atoms with Crippen LogP contribution in [0.3, 0.4) is 0 Å². The van der Waals surface area contributed by atoms with E-state index in [1.165, 1.54) is 24.3 Å². The first-order valence-electron chi connectivity index (χ1n) is 8.59. The normalized spacial score (nSPS) is 13.4. The standard InChI is InChI=1S/C20H21F3N2O3/c1-12-5-4-6-16(11-12)19(27)25-14(3)18(26)24-13(2)15-7-9-17(10-8-15)28-20(21,22)23/h4-11,13-14H,1-3H3,(H,24,26)(H,25,27). The van der Waals surface area contributed by atoms with Gasteiger partial charge in [0, 0.05) is 5.56 Å². The van der Waals surface area contributed by atoms with Crippen molar-refractivity contribution < 1.29 is 27.5 Å². The SMILES string of the molecule is Cc1cccc(C(=O)NC(C)C(=O)NC(C)c2ccc(OC(F)(F)F)cc2)c1. The van der Waals surface area contributed by atoms with Crippen LogP contribution in [0.2, 0.25) is 0 Å². The summed E-state index contributed by atoms with van der Waals surface area (Å²) in [6.45, 7) is 5.10. The molecular weight excluding hydrogens is 373 g/mol. The van der Waals surface area contributed by atoms with Crippen LogP contribution in [-0.2, 0) is 4.79 Å². The fourth-order valence-electron chi connectivity index (χ4n) is 2.51. The highest BCUT2D eigenvalue weighted by Gasteiger charge is 2.31. The van der Waals surface area contributed by atoms with Crippen LogP contribution < -0.4 is 15.4 Å². The molecule has 2 aromatic rings. The van der Waals surface area contributed by atoms with Gasteiger partial charge in [0.25, 0.3) is 5.91 Å². The Kier molecular flexibility index (Phi) is 6.66. The second kappa shape index (κ2) is 8.77. The van der Waals surface area contributed by atoms with Crippen LogP contribution in [0.5, 0.6) is 5.75 Å². The van der Waals surface area contributed by atoms with Gasteiger partial charge in [-0.15, -0.1) is 13.2 Å². The fourth-order valence-corrected chi connectivity index (χ4v) is 2.51. The van der Waals surface area contributed by atoms with Gasteiger partial charge in [-0.25, -0.2) is 0 Å². The third-order valence-corrected chi connectivity index (χ3v) is 3.99. The molecule has 0 fully saturated rings. The molecule has 2 N–H and O–H groups in total. The number of alkyl halides is 3. The molecule has 150 valence electrons. The zero-order chi connectivity index (χ0) is 20.9. The van der Waals surface area contributed by atoms with Crippen molar-refractivity contribution in [2.75, 3.05) is 0 Å². The van der Waals surface area contributed by atoms with Crippen molar-refractivity contribution in [3.63, 3.8) is 0 Å². The van der Waals surface area contributed by atoms with Crippen molar-refractivity contribution in [2.45, 2.75) is 39.2 Å². The third-order valence-electron chi connectivity index (χ3n) is 3.99. The summed E-state index contributed by atoms with van der Waals surface area (Å²) in [6.07, 6.45) is -4.76. The number of carbonyl (C=O) groups excluding carboxylic acids is 2. The molecule has 2 amide bonds. The Morgan fingerprint density at radius 3 is 2.21 bits per heavy atom. The lowest BCUT2D eigenvalue weighted by atomic mass is 10.1. The molecule has 0 bridgehead atoms. The van der Waals surface area contributed by atoms with E-state index in [1.54, 1.807) is 32.0 Å². The molecule has 0 aliphatic carbocycles. The van der Waals surface area contributed by atoms with Crippen LogP contribution in [-0.4, -0.2) is 24.2 Å². The molecule has 2 rings (SSSR count). The van der Waals surface area contributed by atoms with Crippen molar-refractivity contribution in [3.8, 4) is 5.75 Å². The van der Waals surface area contributed by atoms with Crippen LogP contribution in [0.15, 0.2) is 48.5 Å². The summed E-state index contributed by atoms with van der Waals surface area (Å²) in [5, 5.41) is 5.33. The maximum absolute atomic E-state index is 12.3. The molecule has 2 aromatic carbocycles. The molecule has 28 heavy (non-hydrogen) atoms. The number of hydrogen-bond acceptors (Lipinski definition) is 3. The van der Waals surface area contributed by atoms with Gasteiger partial charge in [-0.05, 0) is 50.6 Å². The minimum Gasteiger partial charge on any atom is -0.406 e. The minimum absolute atomic E-state index is 0.339.